The maximum Gasteiger partial charge on any atom is 0.354 e. The van der Waals surface area contributed by atoms with Gasteiger partial charge in [-0.1, -0.05) is 27.5 Å². The number of benzene rings is 1. The molecule has 1 aromatic carbocycles. The number of halogens is 2. The van der Waals surface area contributed by atoms with Crippen LogP contribution >= 0.6 is 27.5 Å². The number of nitrogens with one attached hydrogen (secondary N) is 1. The van der Waals surface area contributed by atoms with E-state index in [1.807, 2.05) is 0 Å². The third-order valence-corrected chi connectivity index (χ3v) is 3.05. The van der Waals surface area contributed by atoms with Crippen molar-refractivity contribution in [1.82, 2.24) is 4.98 Å². The largest absolute Gasteiger partial charge is 0.464 e. The van der Waals surface area contributed by atoms with E-state index in [1.54, 1.807) is 12.1 Å². The number of carbonyl (C=O) groups excluding carboxylic acids is 1. The molecule has 1 N–H and O–H groups in total. The predicted octanol–water partition coefficient (Wildman–Crippen LogP) is 2.73. The fraction of sp³-hybridized carbons (Fsp3) is 0.0909. The van der Waals surface area contributed by atoms with E-state index in [-0.39, 0.29) is 11.3 Å². The minimum Gasteiger partial charge on any atom is -0.464 e. The predicted molar refractivity (Wildman–Crippen MR) is 68.6 cm³/mol. The number of carbonyl (C=O) groups is 1. The monoisotopic (exact) mass is 315 g/mol. The van der Waals surface area contributed by atoms with Crippen LogP contribution in [0.1, 0.15) is 10.5 Å². The summed E-state index contributed by atoms with van der Waals surface area (Å²) in [5.41, 5.74) is -0.305. The van der Waals surface area contributed by atoms with Crippen LogP contribution in [-0.4, -0.2) is 18.1 Å². The second-order valence-corrected chi connectivity index (χ2v) is 4.68. The molecule has 2 aromatic rings. The summed E-state index contributed by atoms with van der Waals surface area (Å²) < 4.78 is 5.24. The molecule has 0 saturated heterocycles. The molecule has 0 atom stereocenters. The van der Waals surface area contributed by atoms with E-state index in [1.165, 1.54) is 13.2 Å². The number of hydrogen-bond donors (Lipinski definition) is 1. The van der Waals surface area contributed by atoms with Crippen molar-refractivity contribution in [2.45, 2.75) is 0 Å². The van der Waals surface area contributed by atoms with Gasteiger partial charge in [-0.3, -0.25) is 4.79 Å². The van der Waals surface area contributed by atoms with Crippen molar-refractivity contribution in [3.8, 4) is 0 Å². The maximum atomic E-state index is 11.8. The number of methoxy groups -OCH3 is 1. The third kappa shape index (κ3) is 2.21. The van der Waals surface area contributed by atoms with Crippen molar-refractivity contribution >= 4 is 44.3 Å². The lowest BCUT2D eigenvalue weighted by Crippen LogP contribution is -2.14. The highest BCUT2D eigenvalue weighted by molar-refractivity contribution is 9.10. The number of ether oxygens (including phenoxy) is 1. The van der Waals surface area contributed by atoms with Gasteiger partial charge < -0.3 is 9.72 Å². The Morgan fingerprint density at radius 3 is 2.71 bits per heavy atom. The fourth-order valence-electron chi connectivity index (χ4n) is 1.51. The van der Waals surface area contributed by atoms with Gasteiger partial charge in [-0.2, -0.15) is 0 Å². The Morgan fingerprint density at radius 2 is 2.06 bits per heavy atom. The SMILES string of the molecule is COC(=O)c1cc2c(Cl)cc(Br)cc2c(=O)[nH]1. The number of rotatable bonds is 1. The van der Waals surface area contributed by atoms with Gasteiger partial charge in [0.05, 0.1) is 7.11 Å². The van der Waals surface area contributed by atoms with Gasteiger partial charge in [0, 0.05) is 20.3 Å². The molecule has 0 aliphatic rings. The molecule has 2 rings (SSSR count). The summed E-state index contributed by atoms with van der Waals surface area (Å²) in [4.78, 5) is 25.6. The van der Waals surface area contributed by atoms with Crippen LogP contribution in [0.2, 0.25) is 5.02 Å². The number of hydrogen-bond acceptors (Lipinski definition) is 3. The van der Waals surface area contributed by atoms with Crippen LogP contribution in [0.25, 0.3) is 10.8 Å². The summed E-state index contributed by atoms with van der Waals surface area (Å²) in [5, 5.41) is 1.32. The number of fused-ring (bicyclic) bond motifs is 1. The third-order valence-electron chi connectivity index (χ3n) is 2.28. The van der Waals surface area contributed by atoms with E-state index in [2.05, 4.69) is 25.7 Å². The number of pyridine rings is 1. The topological polar surface area (TPSA) is 59.2 Å². The van der Waals surface area contributed by atoms with Crippen molar-refractivity contribution in [2.75, 3.05) is 7.11 Å². The number of H-pyrrole nitrogens is 1. The molecule has 0 amide bonds. The number of aromatic amines is 1. The molecule has 0 aliphatic heterocycles. The van der Waals surface area contributed by atoms with Crippen molar-refractivity contribution in [3.05, 3.63) is 43.7 Å². The molecule has 6 heteroatoms. The van der Waals surface area contributed by atoms with E-state index in [0.717, 1.165) is 0 Å². The Hall–Kier alpha value is -1.33. The van der Waals surface area contributed by atoms with E-state index in [9.17, 15) is 9.59 Å². The molecule has 1 aromatic heterocycles. The summed E-state index contributed by atoms with van der Waals surface area (Å²) in [6.07, 6.45) is 0. The van der Waals surface area contributed by atoms with Crippen molar-refractivity contribution in [1.29, 1.82) is 0 Å². The molecule has 0 unspecified atom stereocenters. The molecule has 0 spiro atoms. The first kappa shape index (κ1) is 12.1. The molecule has 0 radical (unpaired) electrons. The Morgan fingerprint density at radius 1 is 1.35 bits per heavy atom. The second kappa shape index (κ2) is 4.50. The highest BCUT2D eigenvalue weighted by Crippen LogP contribution is 2.26. The molecular weight excluding hydrogens is 309 g/mol. The second-order valence-electron chi connectivity index (χ2n) is 3.35. The van der Waals surface area contributed by atoms with E-state index in [4.69, 9.17) is 11.6 Å². The quantitative estimate of drug-likeness (QED) is 0.823. The molecule has 0 saturated carbocycles. The van der Waals surface area contributed by atoms with Crippen molar-refractivity contribution in [2.24, 2.45) is 0 Å². The summed E-state index contributed by atoms with van der Waals surface area (Å²) in [6.45, 7) is 0. The summed E-state index contributed by atoms with van der Waals surface area (Å²) >= 11 is 9.27. The lowest BCUT2D eigenvalue weighted by molar-refractivity contribution is 0.0594. The molecule has 4 nitrogen and oxygen atoms in total. The van der Waals surface area contributed by atoms with E-state index < -0.39 is 5.97 Å². The lowest BCUT2D eigenvalue weighted by atomic mass is 10.1. The molecule has 0 aliphatic carbocycles. The summed E-state index contributed by atoms with van der Waals surface area (Å²) in [7, 11) is 1.24. The van der Waals surface area contributed by atoms with Gasteiger partial charge in [0.15, 0.2) is 0 Å². The first-order chi connectivity index (χ1) is 8.02. The Balaban J connectivity index is 2.82. The first-order valence-corrected chi connectivity index (χ1v) is 5.80. The van der Waals surface area contributed by atoms with E-state index in [0.29, 0.717) is 20.3 Å². The molecule has 88 valence electrons. The van der Waals surface area contributed by atoms with E-state index >= 15 is 0 Å². The summed E-state index contributed by atoms with van der Waals surface area (Å²) in [6, 6.07) is 4.79. The Bertz CT molecular complexity index is 666. The normalized spacial score (nSPS) is 10.5. The Kier molecular flexibility index (Phi) is 3.22. The number of esters is 1. The standard InChI is InChI=1S/C11H7BrClNO3/c1-17-11(16)9-4-6-7(10(15)14-9)2-5(12)3-8(6)13/h2-4H,1H3,(H,14,15). The van der Waals surface area contributed by atoms with Crippen LogP contribution in [0.5, 0.6) is 0 Å². The van der Waals surface area contributed by atoms with Gasteiger partial charge in [-0.15, -0.1) is 0 Å². The summed E-state index contributed by atoms with van der Waals surface area (Å²) in [5.74, 6) is -0.608. The van der Waals surface area contributed by atoms with Crippen molar-refractivity contribution in [3.63, 3.8) is 0 Å². The highest BCUT2D eigenvalue weighted by Gasteiger charge is 2.11. The van der Waals surface area contributed by atoms with Crippen LogP contribution in [0, 0.1) is 0 Å². The Labute approximate surface area is 110 Å². The molecule has 0 bridgehead atoms. The zero-order valence-corrected chi connectivity index (χ0v) is 11.1. The van der Waals surface area contributed by atoms with Gasteiger partial charge in [0.25, 0.3) is 5.56 Å². The van der Waals surface area contributed by atoms with Gasteiger partial charge in [-0.05, 0) is 18.2 Å². The zero-order valence-electron chi connectivity index (χ0n) is 8.71. The van der Waals surface area contributed by atoms with Crippen LogP contribution in [0.4, 0.5) is 0 Å². The van der Waals surface area contributed by atoms with Gasteiger partial charge in [0.1, 0.15) is 5.69 Å². The highest BCUT2D eigenvalue weighted by atomic mass is 79.9. The average molecular weight is 317 g/mol. The minimum absolute atomic E-state index is 0.0780. The van der Waals surface area contributed by atoms with Crippen LogP contribution < -0.4 is 5.56 Å². The maximum absolute atomic E-state index is 11.8. The van der Waals surface area contributed by atoms with Crippen LogP contribution in [0.15, 0.2) is 27.5 Å². The zero-order chi connectivity index (χ0) is 12.6. The van der Waals surface area contributed by atoms with Crippen LogP contribution in [-0.2, 0) is 4.74 Å². The van der Waals surface area contributed by atoms with Gasteiger partial charge in [-0.25, -0.2) is 4.79 Å². The molecule has 17 heavy (non-hydrogen) atoms. The smallest absolute Gasteiger partial charge is 0.354 e. The minimum atomic E-state index is -0.608. The van der Waals surface area contributed by atoms with Crippen LogP contribution in [0.3, 0.4) is 0 Å². The fourth-order valence-corrected chi connectivity index (χ4v) is 2.37. The number of aromatic nitrogens is 1. The lowest BCUT2D eigenvalue weighted by Gasteiger charge is -2.04. The first-order valence-electron chi connectivity index (χ1n) is 4.63. The molecular formula is C11H7BrClNO3. The van der Waals surface area contributed by atoms with Gasteiger partial charge in [0.2, 0.25) is 0 Å². The van der Waals surface area contributed by atoms with Gasteiger partial charge >= 0.3 is 5.97 Å². The van der Waals surface area contributed by atoms with Crippen molar-refractivity contribution < 1.29 is 9.53 Å². The molecule has 0 fully saturated rings. The average Bonchev–Trinajstić information content (AvgIpc) is 2.29. The molecule has 1 heterocycles.